The largest absolute Gasteiger partial charge is 0.379 e. The molecule has 0 saturated heterocycles. The van der Waals surface area contributed by atoms with Gasteiger partial charge in [-0.2, -0.15) is 0 Å². The molecule has 0 aromatic heterocycles. The Hall–Kier alpha value is -0.610. The van der Waals surface area contributed by atoms with Crippen molar-refractivity contribution in [3.63, 3.8) is 0 Å². The predicted octanol–water partition coefficient (Wildman–Crippen LogP) is 1.20. The van der Waals surface area contributed by atoms with E-state index in [-0.39, 0.29) is 5.91 Å². The minimum Gasteiger partial charge on any atom is -0.379 e. The van der Waals surface area contributed by atoms with Gasteiger partial charge in [0.2, 0.25) is 5.91 Å². The summed E-state index contributed by atoms with van der Waals surface area (Å²) in [6.07, 6.45) is 0.525. The number of carbonyl (C=O) groups excluding carboxylic acids is 1. The normalized spacial score (nSPS) is 10.7. The highest BCUT2D eigenvalue weighted by molar-refractivity contribution is 5.75. The van der Waals surface area contributed by atoms with E-state index in [4.69, 9.17) is 9.47 Å². The van der Waals surface area contributed by atoms with Gasteiger partial charge in [-0.05, 0) is 5.92 Å². The van der Waals surface area contributed by atoms with Crippen LogP contribution in [0.5, 0.6) is 0 Å². The Morgan fingerprint density at radius 1 is 1.20 bits per heavy atom. The molecular weight excluding hydrogens is 194 g/mol. The third-order valence-electron chi connectivity index (χ3n) is 1.71. The molecule has 0 saturated carbocycles. The van der Waals surface area contributed by atoms with Gasteiger partial charge in [0.05, 0.1) is 19.8 Å². The summed E-state index contributed by atoms with van der Waals surface area (Å²) in [6, 6.07) is 0. The Kier molecular flexibility index (Phi) is 9.52. The Labute approximate surface area is 92.3 Å². The molecule has 0 aromatic rings. The lowest BCUT2D eigenvalue weighted by atomic mass is 10.2. The summed E-state index contributed by atoms with van der Waals surface area (Å²) in [5, 5.41) is 2.74. The van der Waals surface area contributed by atoms with Crippen LogP contribution in [0.2, 0.25) is 0 Å². The van der Waals surface area contributed by atoms with Crippen molar-refractivity contribution in [2.24, 2.45) is 5.92 Å². The van der Waals surface area contributed by atoms with Crippen molar-refractivity contribution in [1.29, 1.82) is 0 Å². The van der Waals surface area contributed by atoms with Crippen LogP contribution in [-0.2, 0) is 14.3 Å². The monoisotopic (exact) mass is 217 g/mol. The highest BCUT2D eigenvalue weighted by Crippen LogP contribution is 1.91. The van der Waals surface area contributed by atoms with Gasteiger partial charge in [0.15, 0.2) is 0 Å². The zero-order valence-corrected chi connectivity index (χ0v) is 10.0. The third-order valence-corrected chi connectivity index (χ3v) is 1.71. The fourth-order valence-corrected chi connectivity index (χ4v) is 0.927. The van der Waals surface area contributed by atoms with E-state index in [1.807, 2.05) is 6.92 Å². The molecule has 0 spiro atoms. The maximum Gasteiger partial charge on any atom is 0.219 e. The Balaban J connectivity index is 3.02. The van der Waals surface area contributed by atoms with E-state index in [2.05, 4.69) is 19.2 Å². The fourth-order valence-electron chi connectivity index (χ4n) is 0.927. The third kappa shape index (κ3) is 11.3. The van der Waals surface area contributed by atoms with Crippen LogP contribution in [0.3, 0.4) is 0 Å². The summed E-state index contributed by atoms with van der Waals surface area (Å²) in [5.74, 6) is 0.628. The average Bonchev–Trinajstić information content (AvgIpc) is 2.21. The van der Waals surface area contributed by atoms with E-state index in [1.165, 1.54) is 0 Å². The zero-order valence-electron chi connectivity index (χ0n) is 10.0. The molecule has 4 heteroatoms. The van der Waals surface area contributed by atoms with Gasteiger partial charge in [0, 0.05) is 19.6 Å². The van der Waals surface area contributed by atoms with Crippen molar-refractivity contribution in [1.82, 2.24) is 5.32 Å². The number of rotatable bonds is 9. The second-order valence-electron chi connectivity index (χ2n) is 3.78. The molecule has 0 radical (unpaired) electrons. The van der Waals surface area contributed by atoms with Crippen LogP contribution in [0, 0.1) is 5.92 Å². The quantitative estimate of drug-likeness (QED) is 0.590. The molecule has 0 aromatic carbocycles. The molecule has 0 fully saturated rings. The van der Waals surface area contributed by atoms with E-state index >= 15 is 0 Å². The van der Waals surface area contributed by atoms with Gasteiger partial charge < -0.3 is 14.8 Å². The second kappa shape index (κ2) is 9.93. The minimum atomic E-state index is 0.0645. The molecular formula is C11H23NO3. The first-order chi connectivity index (χ1) is 7.16. The first-order valence-corrected chi connectivity index (χ1v) is 5.59. The molecule has 0 aliphatic heterocycles. The van der Waals surface area contributed by atoms with Crippen LogP contribution >= 0.6 is 0 Å². The molecule has 90 valence electrons. The van der Waals surface area contributed by atoms with Crippen LogP contribution in [0.15, 0.2) is 0 Å². The topological polar surface area (TPSA) is 47.6 Å². The van der Waals surface area contributed by atoms with Crippen LogP contribution in [0.4, 0.5) is 0 Å². The highest BCUT2D eigenvalue weighted by Gasteiger charge is 1.96. The van der Waals surface area contributed by atoms with Gasteiger partial charge in [0.1, 0.15) is 0 Å². The number of hydrogen-bond donors (Lipinski definition) is 1. The van der Waals surface area contributed by atoms with Crippen LogP contribution in [0.1, 0.15) is 27.2 Å². The number of ether oxygens (including phenoxy) is 2. The van der Waals surface area contributed by atoms with E-state index in [1.54, 1.807) is 0 Å². The van der Waals surface area contributed by atoms with Crippen LogP contribution < -0.4 is 5.32 Å². The summed E-state index contributed by atoms with van der Waals surface area (Å²) in [6.45, 7) is 9.18. The minimum absolute atomic E-state index is 0.0645. The first-order valence-electron chi connectivity index (χ1n) is 5.59. The molecule has 1 N–H and O–H groups in total. The van der Waals surface area contributed by atoms with Gasteiger partial charge in [-0.25, -0.2) is 0 Å². The van der Waals surface area contributed by atoms with Crippen molar-refractivity contribution in [3.8, 4) is 0 Å². The van der Waals surface area contributed by atoms with E-state index in [9.17, 15) is 4.79 Å². The van der Waals surface area contributed by atoms with Crippen molar-refractivity contribution in [2.75, 3.05) is 33.0 Å². The zero-order chi connectivity index (χ0) is 11.5. The SMILES string of the molecule is CCC(=O)NCCOCCOCC(C)C. The molecule has 0 bridgehead atoms. The number of amides is 1. The van der Waals surface area contributed by atoms with Gasteiger partial charge in [0.25, 0.3) is 0 Å². The van der Waals surface area contributed by atoms with Crippen LogP contribution in [-0.4, -0.2) is 38.9 Å². The molecule has 0 aliphatic carbocycles. The standard InChI is InChI=1S/C11H23NO3/c1-4-11(13)12-5-6-14-7-8-15-9-10(2)3/h10H,4-9H2,1-3H3,(H,12,13). The molecule has 4 nitrogen and oxygen atoms in total. The highest BCUT2D eigenvalue weighted by atomic mass is 16.5. The summed E-state index contributed by atoms with van der Waals surface area (Å²) in [7, 11) is 0. The van der Waals surface area contributed by atoms with Crippen LogP contribution in [0.25, 0.3) is 0 Å². The fraction of sp³-hybridized carbons (Fsp3) is 0.909. The van der Waals surface area contributed by atoms with E-state index < -0.39 is 0 Å². The van der Waals surface area contributed by atoms with Crippen molar-refractivity contribution in [2.45, 2.75) is 27.2 Å². The first kappa shape index (κ1) is 14.4. The Morgan fingerprint density at radius 2 is 1.87 bits per heavy atom. The number of nitrogens with one attached hydrogen (secondary N) is 1. The summed E-state index contributed by atoms with van der Waals surface area (Å²) < 4.78 is 10.6. The molecule has 1 amide bonds. The van der Waals surface area contributed by atoms with E-state index in [0.717, 1.165) is 6.61 Å². The van der Waals surface area contributed by atoms with Crippen molar-refractivity contribution in [3.05, 3.63) is 0 Å². The van der Waals surface area contributed by atoms with Gasteiger partial charge in [-0.1, -0.05) is 20.8 Å². The van der Waals surface area contributed by atoms with Gasteiger partial charge in [-0.3, -0.25) is 4.79 Å². The van der Waals surface area contributed by atoms with Crippen molar-refractivity contribution >= 4 is 5.91 Å². The predicted molar refractivity (Wildman–Crippen MR) is 59.8 cm³/mol. The molecule has 15 heavy (non-hydrogen) atoms. The van der Waals surface area contributed by atoms with Crippen molar-refractivity contribution < 1.29 is 14.3 Å². The van der Waals surface area contributed by atoms with E-state index in [0.29, 0.717) is 38.7 Å². The lowest BCUT2D eigenvalue weighted by Crippen LogP contribution is -2.26. The maximum atomic E-state index is 10.8. The molecule has 0 aliphatic rings. The van der Waals surface area contributed by atoms with Gasteiger partial charge in [-0.15, -0.1) is 0 Å². The number of hydrogen-bond acceptors (Lipinski definition) is 3. The summed E-state index contributed by atoms with van der Waals surface area (Å²) >= 11 is 0. The Morgan fingerprint density at radius 3 is 2.47 bits per heavy atom. The second-order valence-corrected chi connectivity index (χ2v) is 3.78. The lowest BCUT2D eigenvalue weighted by molar-refractivity contribution is -0.121. The molecule has 0 heterocycles. The number of carbonyl (C=O) groups is 1. The summed E-state index contributed by atoms with van der Waals surface area (Å²) in [4.78, 5) is 10.8. The molecule has 0 unspecified atom stereocenters. The maximum absolute atomic E-state index is 10.8. The average molecular weight is 217 g/mol. The summed E-state index contributed by atoms with van der Waals surface area (Å²) in [5.41, 5.74) is 0. The Bertz CT molecular complexity index is 160. The van der Waals surface area contributed by atoms with Gasteiger partial charge >= 0.3 is 0 Å². The smallest absolute Gasteiger partial charge is 0.219 e. The molecule has 0 atom stereocenters. The molecule has 0 rings (SSSR count). The lowest BCUT2D eigenvalue weighted by Gasteiger charge is -2.07.